The van der Waals surface area contributed by atoms with Crippen molar-refractivity contribution in [3.63, 3.8) is 0 Å². The van der Waals surface area contributed by atoms with Crippen molar-refractivity contribution in [2.75, 3.05) is 5.73 Å². The maximum absolute atomic E-state index is 10.7. The van der Waals surface area contributed by atoms with Crippen LogP contribution in [0.1, 0.15) is 0 Å². The Morgan fingerprint density at radius 1 is 1.00 bits per heavy atom. The van der Waals surface area contributed by atoms with E-state index >= 15 is 0 Å². The van der Waals surface area contributed by atoms with Crippen molar-refractivity contribution in [2.45, 2.75) is 4.90 Å². The van der Waals surface area contributed by atoms with Gasteiger partial charge in [0.25, 0.3) is 0 Å². The maximum atomic E-state index is 10.7. The highest BCUT2D eigenvalue weighted by Gasteiger charge is 2.04. The molecule has 98 valence electrons. The zero-order valence-corrected chi connectivity index (χ0v) is 10.2. The van der Waals surface area contributed by atoms with Crippen molar-refractivity contribution in [3.05, 3.63) is 49.1 Å². The first-order valence-electron chi connectivity index (χ1n) is 4.58. The van der Waals surface area contributed by atoms with Gasteiger partial charge < -0.3 is 11.2 Å². The fraction of sp³-hybridized carbons (Fsp3) is 0. The van der Waals surface area contributed by atoms with E-state index in [-0.39, 0.29) is 10.4 Å². The standard InChI is InChI=1S/C6H8N2O2S.C4H4N2.H2O/c7-5-1-3-6(4-2-5)11(8,9)10;1-2-5-4-6-3-1;/h1-4H,7H2,(H2,8,9,10);1-4H;1H2. The summed E-state index contributed by atoms with van der Waals surface area (Å²) in [5.74, 6) is 0. The molecule has 1 aromatic heterocycles. The monoisotopic (exact) mass is 270 g/mol. The number of anilines is 1. The van der Waals surface area contributed by atoms with Gasteiger partial charge in [0.1, 0.15) is 6.33 Å². The number of nitrogens with zero attached hydrogens (tertiary/aromatic N) is 2. The Bertz CT molecular complexity index is 516. The minimum absolute atomic E-state index is 0. The highest BCUT2D eigenvalue weighted by molar-refractivity contribution is 7.89. The highest BCUT2D eigenvalue weighted by Crippen LogP contribution is 2.08. The molecular formula is C10H14N4O3S. The van der Waals surface area contributed by atoms with Crippen LogP contribution in [-0.2, 0) is 10.0 Å². The van der Waals surface area contributed by atoms with Crippen LogP contribution in [0.2, 0.25) is 0 Å². The fourth-order valence-corrected chi connectivity index (χ4v) is 1.43. The lowest BCUT2D eigenvalue weighted by Crippen LogP contribution is -2.11. The normalized spacial score (nSPS) is 9.61. The average molecular weight is 270 g/mol. The molecule has 1 heterocycles. The van der Waals surface area contributed by atoms with Gasteiger partial charge in [-0.2, -0.15) is 0 Å². The fourth-order valence-electron chi connectivity index (χ4n) is 0.911. The van der Waals surface area contributed by atoms with E-state index in [1.165, 1.54) is 30.6 Å². The van der Waals surface area contributed by atoms with E-state index < -0.39 is 10.0 Å². The molecule has 0 unspecified atom stereocenters. The van der Waals surface area contributed by atoms with E-state index in [9.17, 15) is 8.42 Å². The van der Waals surface area contributed by atoms with Crippen LogP contribution < -0.4 is 10.9 Å². The third-order valence-corrected chi connectivity index (χ3v) is 2.62. The Morgan fingerprint density at radius 2 is 1.50 bits per heavy atom. The van der Waals surface area contributed by atoms with Gasteiger partial charge in [0.05, 0.1) is 4.90 Å². The zero-order chi connectivity index (χ0) is 12.7. The van der Waals surface area contributed by atoms with Gasteiger partial charge in [-0.3, -0.25) is 0 Å². The topological polar surface area (TPSA) is 143 Å². The minimum atomic E-state index is -3.58. The molecule has 7 nitrogen and oxygen atoms in total. The molecule has 0 amide bonds. The Kier molecular flexibility index (Phi) is 6.50. The van der Waals surface area contributed by atoms with Crippen LogP contribution in [0.4, 0.5) is 5.69 Å². The number of benzene rings is 1. The van der Waals surface area contributed by atoms with Gasteiger partial charge in [-0.25, -0.2) is 23.5 Å². The Labute approximate surface area is 105 Å². The molecule has 0 saturated carbocycles. The SMILES string of the molecule is Nc1ccc(S(N)(=O)=O)cc1.O.c1cncnc1. The van der Waals surface area contributed by atoms with Crippen LogP contribution in [0.15, 0.2) is 53.9 Å². The van der Waals surface area contributed by atoms with Gasteiger partial charge in [-0.1, -0.05) is 0 Å². The summed E-state index contributed by atoms with van der Waals surface area (Å²) in [4.78, 5) is 7.42. The molecule has 0 fully saturated rings. The number of hydrogen-bond donors (Lipinski definition) is 2. The molecular weight excluding hydrogens is 256 g/mol. The van der Waals surface area contributed by atoms with Gasteiger partial charge >= 0.3 is 0 Å². The third kappa shape index (κ3) is 5.89. The molecule has 0 radical (unpaired) electrons. The van der Waals surface area contributed by atoms with Crippen LogP contribution in [0.25, 0.3) is 0 Å². The smallest absolute Gasteiger partial charge is 0.238 e. The molecule has 6 N–H and O–H groups in total. The summed E-state index contributed by atoms with van der Waals surface area (Å²) in [7, 11) is -3.58. The molecule has 2 aromatic rings. The molecule has 0 bridgehead atoms. The van der Waals surface area contributed by atoms with Crippen LogP contribution in [0.3, 0.4) is 0 Å². The number of nitrogen functional groups attached to an aromatic ring is 1. The first-order valence-corrected chi connectivity index (χ1v) is 6.13. The summed E-state index contributed by atoms with van der Waals surface area (Å²) in [6, 6.07) is 7.48. The average Bonchev–Trinajstić information content (AvgIpc) is 2.31. The number of hydrogen-bond acceptors (Lipinski definition) is 5. The lowest BCUT2D eigenvalue weighted by Gasteiger charge is -1.96. The van der Waals surface area contributed by atoms with Crippen molar-refractivity contribution < 1.29 is 13.9 Å². The van der Waals surface area contributed by atoms with Crippen LogP contribution in [0, 0.1) is 0 Å². The quantitative estimate of drug-likeness (QED) is 0.675. The van der Waals surface area contributed by atoms with Gasteiger partial charge in [0.15, 0.2) is 0 Å². The van der Waals surface area contributed by atoms with Gasteiger partial charge in [-0.05, 0) is 30.3 Å². The summed E-state index contributed by atoms with van der Waals surface area (Å²) >= 11 is 0. The van der Waals surface area contributed by atoms with Crippen LogP contribution >= 0.6 is 0 Å². The number of primary sulfonamides is 1. The largest absolute Gasteiger partial charge is 0.412 e. The van der Waals surface area contributed by atoms with Crippen LogP contribution in [-0.4, -0.2) is 23.9 Å². The maximum Gasteiger partial charge on any atom is 0.238 e. The zero-order valence-electron chi connectivity index (χ0n) is 9.39. The van der Waals surface area contributed by atoms with Gasteiger partial charge in [0, 0.05) is 18.1 Å². The molecule has 0 atom stereocenters. The summed E-state index contributed by atoms with van der Waals surface area (Å²) in [6.07, 6.45) is 4.88. The highest BCUT2D eigenvalue weighted by atomic mass is 32.2. The molecule has 0 spiro atoms. The molecule has 1 aromatic carbocycles. The van der Waals surface area contributed by atoms with Gasteiger partial charge in [-0.15, -0.1) is 0 Å². The molecule has 0 aliphatic rings. The summed E-state index contributed by atoms with van der Waals surface area (Å²) in [5, 5.41) is 4.84. The van der Waals surface area contributed by atoms with Gasteiger partial charge in [0.2, 0.25) is 10.0 Å². The van der Waals surface area contributed by atoms with Crippen molar-refractivity contribution in [2.24, 2.45) is 5.14 Å². The molecule has 18 heavy (non-hydrogen) atoms. The summed E-state index contributed by atoms with van der Waals surface area (Å²) in [5.41, 5.74) is 5.85. The van der Waals surface area contributed by atoms with E-state index in [0.717, 1.165) is 0 Å². The van der Waals surface area contributed by atoms with E-state index in [4.69, 9.17) is 10.9 Å². The minimum Gasteiger partial charge on any atom is -0.412 e. The molecule has 8 heteroatoms. The second kappa shape index (κ2) is 7.33. The third-order valence-electron chi connectivity index (χ3n) is 1.69. The first kappa shape index (κ1) is 16.0. The molecule has 0 saturated heterocycles. The molecule has 2 rings (SSSR count). The Balaban J connectivity index is 0.000000352. The summed E-state index contributed by atoms with van der Waals surface area (Å²) in [6.45, 7) is 0. The lowest BCUT2D eigenvalue weighted by molar-refractivity contribution is 0.598. The number of sulfonamides is 1. The van der Waals surface area contributed by atoms with Crippen molar-refractivity contribution in [1.82, 2.24) is 9.97 Å². The number of nitrogens with two attached hydrogens (primary N) is 2. The van der Waals surface area contributed by atoms with E-state index in [0.29, 0.717) is 5.69 Å². The lowest BCUT2D eigenvalue weighted by atomic mass is 10.3. The van der Waals surface area contributed by atoms with Crippen LogP contribution in [0.5, 0.6) is 0 Å². The van der Waals surface area contributed by atoms with E-state index in [1.807, 2.05) is 0 Å². The Morgan fingerprint density at radius 3 is 1.78 bits per heavy atom. The van der Waals surface area contributed by atoms with Crippen molar-refractivity contribution in [1.29, 1.82) is 0 Å². The van der Waals surface area contributed by atoms with Crippen molar-refractivity contribution in [3.8, 4) is 0 Å². The molecule has 0 aliphatic heterocycles. The first-order chi connectivity index (χ1) is 8.00. The second-order valence-electron chi connectivity index (χ2n) is 3.02. The number of aromatic nitrogens is 2. The summed E-state index contributed by atoms with van der Waals surface area (Å²) < 4.78 is 21.4. The van der Waals surface area contributed by atoms with Crippen molar-refractivity contribution >= 4 is 15.7 Å². The second-order valence-corrected chi connectivity index (χ2v) is 4.58. The van der Waals surface area contributed by atoms with E-state index in [2.05, 4.69) is 9.97 Å². The predicted molar refractivity (Wildman–Crippen MR) is 67.9 cm³/mol. The number of rotatable bonds is 1. The van der Waals surface area contributed by atoms with E-state index in [1.54, 1.807) is 18.5 Å². The predicted octanol–water partition coefficient (Wildman–Crippen LogP) is -0.432. The Hall–Kier alpha value is -2.03. The molecule has 0 aliphatic carbocycles.